The average Bonchev–Trinajstić information content (AvgIpc) is 3.08. The molecule has 0 fully saturated rings. The lowest BCUT2D eigenvalue weighted by molar-refractivity contribution is -0.150. The Hall–Kier alpha value is -2.97. The minimum absolute atomic E-state index is 0.130. The van der Waals surface area contributed by atoms with Crippen LogP contribution in [-0.4, -0.2) is 45.5 Å². The molecule has 0 saturated heterocycles. The molecule has 2 N–H and O–H groups in total. The topological polar surface area (TPSA) is 128 Å². The molecule has 1 amide bonds. The lowest BCUT2D eigenvalue weighted by Gasteiger charge is -2.21. The van der Waals surface area contributed by atoms with Crippen LogP contribution in [0.5, 0.6) is 0 Å². The van der Waals surface area contributed by atoms with Gasteiger partial charge in [-0.1, -0.05) is 19.9 Å². The number of esters is 2. The minimum Gasteiger partial charge on any atom is -0.462 e. The molecule has 0 aliphatic rings. The third kappa shape index (κ3) is 7.76. The largest absolute Gasteiger partial charge is 0.462 e. The van der Waals surface area contributed by atoms with Crippen molar-refractivity contribution >= 4 is 44.2 Å². The van der Waals surface area contributed by atoms with Crippen molar-refractivity contribution in [2.24, 2.45) is 5.92 Å². The molecule has 1 heterocycles. The Kier molecular flexibility index (Phi) is 9.85. The summed E-state index contributed by atoms with van der Waals surface area (Å²) in [5.74, 6) is -3.19. The normalized spacial score (nSPS) is 12.8. The predicted molar refractivity (Wildman–Crippen MR) is 130 cm³/mol. The van der Waals surface area contributed by atoms with E-state index in [0.717, 1.165) is 34.4 Å². The molecule has 1 atom stereocenters. The van der Waals surface area contributed by atoms with Crippen LogP contribution in [0.2, 0.25) is 0 Å². The first-order valence-electron chi connectivity index (χ1n) is 11.0. The Bertz CT molecular complexity index is 1270. The molecule has 0 aliphatic carbocycles. The number of hydrogen-bond acceptors (Lipinski definition) is 8. The van der Waals surface area contributed by atoms with Gasteiger partial charge in [-0.25, -0.2) is 13.2 Å². The van der Waals surface area contributed by atoms with E-state index in [-0.39, 0.29) is 17.2 Å². The van der Waals surface area contributed by atoms with Crippen molar-refractivity contribution in [1.82, 2.24) is 4.72 Å². The number of aryl methyl sites for hydroxylation is 1. The molecule has 0 spiro atoms. The molecule has 9 nitrogen and oxygen atoms in total. The lowest BCUT2D eigenvalue weighted by Crippen LogP contribution is -2.45. The molecule has 1 aromatic heterocycles. The van der Waals surface area contributed by atoms with E-state index in [1.165, 1.54) is 13.8 Å². The van der Waals surface area contributed by atoms with E-state index >= 15 is 0 Å². The number of alkyl halides is 3. The first-order chi connectivity index (χ1) is 17.1. The predicted octanol–water partition coefficient (Wildman–Crippen LogP) is 4.05. The van der Waals surface area contributed by atoms with Crippen LogP contribution in [0, 0.1) is 19.8 Å². The fraction of sp³-hybridized carbons (Fsp3) is 0.435. The summed E-state index contributed by atoms with van der Waals surface area (Å²) in [6, 6.07) is 1.57. The summed E-state index contributed by atoms with van der Waals surface area (Å²) in [7, 11) is -4.54. The van der Waals surface area contributed by atoms with E-state index in [1.807, 2.05) is 4.72 Å². The number of benzene rings is 1. The summed E-state index contributed by atoms with van der Waals surface area (Å²) in [5.41, 5.74) is -0.366. The molecule has 0 bridgehead atoms. The molecule has 204 valence electrons. The van der Waals surface area contributed by atoms with Gasteiger partial charge in [0, 0.05) is 4.88 Å². The highest BCUT2D eigenvalue weighted by Crippen LogP contribution is 2.33. The van der Waals surface area contributed by atoms with Crippen molar-refractivity contribution in [3.05, 3.63) is 45.8 Å². The molecule has 0 radical (unpaired) electrons. The van der Waals surface area contributed by atoms with Gasteiger partial charge in [-0.3, -0.25) is 9.59 Å². The maximum atomic E-state index is 13.0. The second-order valence-corrected chi connectivity index (χ2v) is 11.2. The number of halogens is 3. The van der Waals surface area contributed by atoms with Gasteiger partial charge in [-0.05, 0) is 50.5 Å². The number of thiophene rings is 1. The lowest BCUT2D eigenvalue weighted by atomic mass is 10.1. The summed E-state index contributed by atoms with van der Waals surface area (Å²) in [4.78, 5) is 37.4. The van der Waals surface area contributed by atoms with Crippen LogP contribution >= 0.6 is 11.3 Å². The van der Waals surface area contributed by atoms with Crippen LogP contribution < -0.4 is 10.0 Å². The molecular formula is C23H27F3N2O7S2. The summed E-state index contributed by atoms with van der Waals surface area (Å²) in [6.07, 6.45) is -4.76. The van der Waals surface area contributed by atoms with Gasteiger partial charge in [0.15, 0.2) is 6.61 Å². The number of nitrogens with one attached hydrogen (secondary N) is 2. The molecular weight excluding hydrogens is 537 g/mol. The van der Waals surface area contributed by atoms with Crippen LogP contribution in [0.3, 0.4) is 0 Å². The Morgan fingerprint density at radius 2 is 1.76 bits per heavy atom. The van der Waals surface area contributed by atoms with Gasteiger partial charge in [-0.15, -0.1) is 11.3 Å². The van der Waals surface area contributed by atoms with Crippen LogP contribution in [0.1, 0.15) is 47.1 Å². The van der Waals surface area contributed by atoms with Gasteiger partial charge in [0.25, 0.3) is 5.91 Å². The van der Waals surface area contributed by atoms with Crippen LogP contribution in [-0.2, 0) is 35.3 Å². The monoisotopic (exact) mass is 564 g/mol. The van der Waals surface area contributed by atoms with Gasteiger partial charge in [-0.2, -0.15) is 17.9 Å². The van der Waals surface area contributed by atoms with Gasteiger partial charge in [0.2, 0.25) is 10.0 Å². The number of anilines is 1. The van der Waals surface area contributed by atoms with Gasteiger partial charge in [0.05, 0.1) is 22.6 Å². The number of rotatable bonds is 10. The molecule has 0 saturated carbocycles. The quantitative estimate of drug-likeness (QED) is 0.417. The highest BCUT2D eigenvalue weighted by molar-refractivity contribution is 7.89. The number of sulfonamides is 1. The summed E-state index contributed by atoms with van der Waals surface area (Å²) in [6.45, 7) is 7.39. The molecule has 1 aromatic carbocycles. The average molecular weight is 565 g/mol. The second-order valence-electron chi connectivity index (χ2n) is 8.23. The van der Waals surface area contributed by atoms with E-state index in [4.69, 9.17) is 9.47 Å². The number of carbonyl (C=O) groups is 3. The van der Waals surface area contributed by atoms with Crippen LogP contribution in [0.25, 0.3) is 0 Å². The van der Waals surface area contributed by atoms with E-state index in [9.17, 15) is 36.0 Å². The number of hydrogen-bond donors (Lipinski definition) is 2. The maximum absolute atomic E-state index is 13.0. The first-order valence-corrected chi connectivity index (χ1v) is 13.3. The third-order valence-electron chi connectivity index (χ3n) is 5.14. The molecule has 0 aliphatic heterocycles. The van der Waals surface area contributed by atoms with E-state index in [0.29, 0.717) is 11.6 Å². The maximum Gasteiger partial charge on any atom is 0.416 e. The fourth-order valence-electron chi connectivity index (χ4n) is 3.08. The van der Waals surface area contributed by atoms with Crippen molar-refractivity contribution < 1.29 is 45.4 Å². The highest BCUT2D eigenvalue weighted by Gasteiger charge is 2.34. The summed E-state index contributed by atoms with van der Waals surface area (Å²) in [5, 5.41) is 2.69. The molecule has 37 heavy (non-hydrogen) atoms. The molecule has 2 aromatic rings. The van der Waals surface area contributed by atoms with Crippen molar-refractivity contribution in [3.8, 4) is 0 Å². The van der Waals surface area contributed by atoms with Gasteiger partial charge >= 0.3 is 18.1 Å². The second kappa shape index (κ2) is 12.0. The summed E-state index contributed by atoms with van der Waals surface area (Å²) < 4.78 is 76.4. The number of amides is 1. The number of carbonyl (C=O) groups excluding carboxylic acids is 3. The van der Waals surface area contributed by atoms with Crippen molar-refractivity contribution in [2.45, 2.75) is 51.7 Å². The first kappa shape index (κ1) is 30.3. The Balaban J connectivity index is 2.12. The van der Waals surface area contributed by atoms with Crippen molar-refractivity contribution in [2.75, 3.05) is 18.5 Å². The standard InChI is InChI=1S/C23H27F3N2O7S2/c1-6-34-21(30)18-13(4)14(5)36-20(18)27-17(29)11-35-22(31)19(12(2)3)28-37(32,33)16-9-7-8-15(10-16)23(24,25)26/h7-10,12,19,28H,6,11H2,1-5H3,(H,27,29). The minimum atomic E-state index is -4.76. The zero-order valence-corrected chi connectivity index (χ0v) is 22.3. The van der Waals surface area contributed by atoms with E-state index < -0.39 is 63.1 Å². The Morgan fingerprint density at radius 1 is 1.11 bits per heavy atom. The third-order valence-corrected chi connectivity index (χ3v) is 7.70. The van der Waals surface area contributed by atoms with Crippen LogP contribution in [0.15, 0.2) is 29.2 Å². The van der Waals surface area contributed by atoms with Crippen LogP contribution in [0.4, 0.5) is 18.2 Å². The van der Waals surface area contributed by atoms with Gasteiger partial charge < -0.3 is 14.8 Å². The zero-order valence-electron chi connectivity index (χ0n) is 20.7. The van der Waals surface area contributed by atoms with E-state index in [1.54, 1.807) is 20.8 Å². The van der Waals surface area contributed by atoms with Crippen molar-refractivity contribution in [1.29, 1.82) is 0 Å². The highest BCUT2D eigenvalue weighted by atomic mass is 32.2. The Labute approximate surface area is 216 Å². The van der Waals surface area contributed by atoms with E-state index in [2.05, 4.69) is 5.32 Å². The molecule has 1 unspecified atom stereocenters. The zero-order chi connectivity index (χ0) is 28.1. The number of ether oxygens (including phenoxy) is 2. The SMILES string of the molecule is CCOC(=O)c1c(NC(=O)COC(=O)C(NS(=O)(=O)c2cccc(C(F)(F)F)c2)C(C)C)sc(C)c1C. The van der Waals surface area contributed by atoms with Gasteiger partial charge in [0.1, 0.15) is 11.0 Å². The molecule has 14 heteroatoms. The smallest absolute Gasteiger partial charge is 0.416 e. The Morgan fingerprint density at radius 3 is 2.32 bits per heavy atom. The fourth-order valence-corrected chi connectivity index (χ4v) is 5.53. The summed E-state index contributed by atoms with van der Waals surface area (Å²) >= 11 is 1.13. The molecule has 2 rings (SSSR count). The van der Waals surface area contributed by atoms with Crippen molar-refractivity contribution in [3.63, 3.8) is 0 Å².